The molecule has 5 rings (SSSR count). The fraction of sp³-hybridized carbons (Fsp3) is 0.185. The molecule has 0 radical (unpaired) electrons. The van der Waals surface area contributed by atoms with Crippen molar-refractivity contribution in [3.05, 3.63) is 72.3 Å². The summed E-state index contributed by atoms with van der Waals surface area (Å²) in [6.07, 6.45) is 3.37. The average Bonchev–Trinajstić information content (AvgIpc) is 3.01. The van der Waals surface area contributed by atoms with Crippen LogP contribution in [-0.2, 0) is 14.8 Å². The normalized spacial score (nSPS) is 12.1. The van der Waals surface area contributed by atoms with Gasteiger partial charge in [-0.2, -0.15) is 4.98 Å². The number of anilines is 2. The lowest BCUT2D eigenvalue weighted by Crippen LogP contribution is -2.19. The molecule has 43 heavy (non-hydrogen) atoms. The molecule has 0 unspecified atom stereocenters. The molecule has 0 saturated carbocycles. The summed E-state index contributed by atoms with van der Waals surface area (Å²) in [7, 11) is -2.76. The largest absolute Gasteiger partial charge is 0.497 e. The van der Waals surface area contributed by atoms with Gasteiger partial charge in [-0.1, -0.05) is 11.6 Å². The highest BCUT2D eigenvalue weighted by Crippen LogP contribution is 2.41. The number of fused-ring (bicyclic) bond motifs is 1. The maximum Gasteiger partial charge on any atom is 0.411 e. The smallest absolute Gasteiger partial charge is 0.411 e. The third kappa shape index (κ3) is 7.44. The Hall–Kier alpha value is -5.02. The van der Waals surface area contributed by atoms with E-state index in [1.807, 2.05) is 0 Å². The lowest BCUT2D eigenvalue weighted by atomic mass is 10.3. The number of rotatable bonds is 11. The van der Waals surface area contributed by atoms with Gasteiger partial charge in [-0.3, -0.25) is 15.0 Å². The lowest BCUT2D eigenvalue weighted by Gasteiger charge is -2.19. The summed E-state index contributed by atoms with van der Waals surface area (Å²) in [6, 6.07) is 12.1. The molecule has 2 N–H and O–H groups in total. The third-order valence-corrected chi connectivity index (χ3v) is 7.29. The van der Waals surface area contributed by atoms with Crippen molar-refractivity contribution in [3.63, 3.8) is 0 Å². The highest BCUT2D eigenvalue weighted by molar-refractivity contribution is 7.92. The molecular weight excluding hydrogens is 606 g/mol. The second kappa shape index (κ2) is 13.3. The monoisotopic (exact) mass is 629 g/mol. The van der Waals surface area contributed by atoms with Crippen molar-refractivity contribution in [3.8, 4) is 34.6 Å². The van der Waals surface area contributed by atoms with E-state index in [0.29, 0.717) is 23.8 Å². The number of ether oxygens (including phenoxy) is 6. The molecule has 0 fully saturated rings. The first kappa shape index (κ1) is 29.5. The van der Waals surface area contributed by atoms with Gasteiger partial charge in [0.05, 0.1) is 28.9 Å². The molecule has 4 aromatic rings. The first-order valence-corrected chi connectivity index (χ1v) is 14.4. The Labute approximate surface area is 250 Å². The number of carbonyl (C=O) groups excluding carboxylic acids is 1. The van der Waals surface area contributed by atoms with E-state index in [1.165, 1.54) is 43.6 Å². The predicted molar refractivity (Wildman–Crippen MR) is 153 cm³/mol. The Morgan fingerprint density at radius 1 is 1.05 bits per heavy atom. The van der Waals surface area contributed by atoms with Crippen LogP contribution in [0.1, 0.15) is 0 Å². The topological polar surface area (TPSA) is 169 Å². The number of hydrogen-bond donors (Lipinski definition) is 2. The zero-order valence-corrected chi connectivity index (χ0v) is 24.1. The van der Waals surface area contributed by atoms with Crippen LogP contribution in [0.4, 0.5) is 16.3 Å². The summed E-state index contributed by atoms with van der Waals surface area (Å²) in [6.45, 7) is 0.279. The van der Waals surface area contributed by atoms with Gasteiger partial charge in [0.1, 0.15) is 44.3 Å². The van der Waals surface area contributed by atoms with Gasteiger partial charge < -0.3 is 28.4 Å². The van der Waals surface area contributed by atoms with Crippen molar-refractivity contribution in [1.82, 2.24) is 15.0 Å². The maximum absolute atomic E-state index is 13.4. The van der Waals surface area contributed by atoms with Gasteiger partial charge >= 0.3 is 6.09 Å². The van der Waals surface area contributed by atoms with Crippen LogP contribution in [-0.4, -0.2) is 63.0 Å². The standard InChI is InChI=1S/C27H24ClN5O9S/c1-37-18-4-6-20(28)22(13-18)42-24-25(33-43(35,36)19-5-7-21-23(14-19)39-10-9-38-21)30-16-31-26(24)40-11-12-41-27(34)32-17-3-2-8-29-15-17/h2-8,13-16H,9-12H2,1H3,(H,32,34)(H,30,31,33). The molecule has 1 amide bonds. The number of methoxy groups -OCH3 is 1. The molecule has 3 heterocycles. The highest BCUT2D eigenvalue weighted by Gasteiger charge is 2.25. The van der Waals surface area contributed by atoms with Gasteiger partial charge in [-0.15, -0.1) is 0 Å². The molecule has 16 heteroatoms. The Morgan fingerprint density at radius 3 is 2.67 bits per heavy atom. The van der Waals surface area contributed by atoms with Crippen molar-refractivity contribution < 1.29 is 41.6 Å². The molecule has 0 bridgehead atoms. The Morgan fingerprint density at radius 2 is 1.88 bits per heavy atom. The quantitative estimate of drug-likeness (QED) is 0.223. The van der Waals surface area contributed by atoms with Crippen LogP contribution in [0.25, 0.3) is 0 Å². The van der Waals surface area contributed by atoms with Crippen LogP contribution in [0.2, 0.25) is 5.02 Å². The van der Waals surface area contributed by atoms with E-state index in [1.54, 1.807) is 24.4 Å². The molecule has 2 aromatic carbocycles. The van der Waals surface area contributed by atoms with Gasteiger partial charge in [0, 0.05) is 18.3 Å². The summed E-state index contributed by atoms with van der Waals surface area (Å²) in [4.78, 5) is 24.0. The van der Waals surface area contributed by atoms with Crippen molar-refractivity contribution in [2.24, 2.45) is 0 Å². The van der Waals surface area contributed by atoms with E-state index in [-0.39, 0.29) is 58.7 Å². The summed E-state index contributed by atoms with van der Waals surface area (Å²) in [5.74, 6) is 0.610. The minimum absolute atomic E-state index is 0.104. The van der Waals surface area contributed by atoms with Crippen molar-refractivity contribution in [2.75, 3.05) is 43.6 Å². The zero-order valence-electron chi connectivity index (χ0n) is 22.5. The van der Waals surface area contributed by atoms with E-state index in [2.05, 4.69) is 25.0 Å². The third-order valence-electron chi connectivity index (χ3n) is 5.64. The number of nitrogens with zero attached hydrogens (tertiary/aromatic N) is 3. The van der Waals surface area contributed by atoms with Crippen LogP contribution >= 0.6 is 11.6 Å². The molecule has 1 aliphatic rings. The Bertz CT molecular complexity index is 1710. The summed E-state index contributed by atoms with van der Waals surface area (Å²) in [5.41, 5.74) is 0.449. The molecule has 0 saturated heterocycles. The SMILES string of the molecule is COc1ccc(Cl)c(Oc2c(NS(=O)(=O)c3ccc4c(c3)OCCO4)ncnc2OCCOC(=O)Nc2cccnc2)c1. The number of halogens is 1. The van der Waals surface area contributed by atoms with Gasteiger partial charge in [0.2, 0.25) is 5.75 Å². The summed E-state index contributed by atoms with van der Waals surface area (Å²) >= 11 is 6.34. The van der Waals surface area contributed by atoms with Gasteiger partial charge in [0.25, 0.3) is 15.9 Å². The van der Waals surface area contributed by atoms with E-state index in [0.717, 1.165) is 6.33 Å². The molecule has 2 aromatic heterocycles. The van der Waals surface area contributed by atoms with E-state index < -0.39 is 16.1 Å². The van der Waals surface area contributed by atoms with Crippen LogP contribution in [0.5, 0.6) is 34.6 Å². The molecular formula is C27H24ClN5O9S. The van der Waals surface area contributed by atoms with Crippen molar-refractivity contribution in [2.45, 2.75) is 4.90 Å². The Kier molecular flexibility index (Phi) is 9.12. The fourth-order valence-corrected chi connectivity index (χ4v) is 4.85. The van der Waals surface area contributed by atoms with Crippen LogP contribution < -0.4 is 33.7 Å². The molecule has 0 atom stereocenters. The molecule has 14 nitrogen and oxygen atoms in total. The van der Waals surface area contributed by atoms with E-state index >= 15 is 0 Å². The first-order chi connectivity index (χ1) is 20.8. The molecule has 0 spiro atoms. The van der Waals surface area contributed by atoms with Gasteiger partial charge in [0.15, 0.2) is 17.3 Å². The zero-order chi connectivity index (χ0) is 30.2. The second-order valence-electron chi connectivity index (χ2n) is 8.52. The number of aromatic nitrogens is 3. The molecule has 0 aliphatic carbocycles. The van der Waals surface area contributed by atoms with Crippen LogP contribution in [0, 0.1) is 0 Å². The molecule has 224 valence electrons. The van der Waals surface area contributed by atoms with Crippen LogP contribution in [0.15, 0.2) is 72.1 Å². The summed E-state index contributed by atoms with van der Waals surface area (Å²) in [5, 5.41) is 2.71. The number of hydrogen-bond acceptors (Lipinski definition) is 12. The molecule has 1 aliphatic heterocycles. The highest BCUT2D eigenvalue weighted by atomic mass is 35.5. The number of carbonyl (C=O) groups is 1. The van der Waals surface area contributed by atoms with E-state index in [9.17, 15) is 13.2 Å². The second-order valence-corrected chi connectivity index (χ2v) is 10.6. The number of sulfonamides is 1. The minimum Gasteiger partial charge on any atom is -0.497 e. The fourth-order valence-electron chi connectivity index (χ4n) is 3.66. The van der Waals surface area contributed by atoms with Gasteiger partial charge in [-0.25, -0.2) is 18.2 Å². The van der Waals surface area contributed by atoms with Gasteiger partial charge in [-0.05, 0) is 36.4 Å². The predicted octanol–water partition coefficient (Wildman–Crippen LogP) is 4.53. The van der Waals surface area contributed by atoms with Crippen molar-refractivity contribution in [1.29, 1.82) is 0 Å². The number of nitrogens with one attached hydrogen (secondary N) is 2. The first-order valence-electron chi connectivity index (χ1n) is 12.6. The van der Waals surface area contributed by atoms with Crippen LogP contribution in [0.3, 0.4) is 0 Å². The number of amides is 1. The number of benzene rings is 2. The lowest BCUT2D eigenvalue weighted by molar-refractivity contribution is 0.135. The minimum atomic E-state index is -4.22. The van der Waals surface area contributed by atoms with E-state index in [4.69, 9.17) is 40.0 Å². The Balaban J connectivity index is 1.37. The summed E-state index contributed by atoms with van der Waals surface area (Å²) < 4.78 is 62.2. The maximum atomic E-state index is 13.4. The number of pyridine rings is 1. The van der Waals surface area contributed by atoms with Crippen molar-refractivity contribution >= 4 is 39.2 Å². The average molecular weight is 630 g/mol.